The predicted octanol–water partition coefficient (Wildman–Crippen LogP) is 4.27. The van der Waals surface area contributed by atoms with E-state index in [4.69, 9.17) is 4.74 Å². The van der Waals surface area contributed by atoms with E-state index in [1.54, 1.807) is 7.11 Å². The van der Waals surface area contributed by atoms with E-state index in [9.17, 15) is 4.79 Å². The van der Waals surface area contributed by atoms with Gasteiger partial charge in [0.2, 0.25) is 0 Å². The molecule has 0 radical (unpaired) electrons. The second-order valence-corrected chi connectivity index (χ2v) is 6.31. The molecule has 22 heavy (non-hydrogen) atoms. The first-order chi connectivity index (χ1) is 10.6. The number of methoxy groups -OCH3 is 1. The summed E-state index contributed by atoms with van der Waals surface area (Å²) in [5.41, 5.74) is 1.64. The van der Waals surface area contributed by atoms with Crippen LogP contribution in [-0.4, -0.2) is 13.1 Å². The summed E-state index contributed by atoms with van der Waals surface area (Å²) in [4.78, 5) is 12.2. The first kappa shape index (κ1) is 14.9. The van der Waals surface area contributed by atoms with Crippen LogP contribution < -0.4 is 15.4 Å². The Morgan fingerprint density at radius 2 is 1.73 bits per heavy atom. The highest BCUT2D eigenvalue weighted by Gasteiger charge is 2.45. The number of nitrogens with one attached hydrogen (secondary N) is 2. The van der Waals surface area contributed by atoms with Crippen LogP contribution >= 0.6 is 15.9 Å². The minimum Gasteiger partial charge on any atom is -0.497 e. The quantitative estimate of drug-likeness (QED) is 0.855. The van der Waals surface area contributed by atoms with E-state index in [1.165, 1.54) is 0 Å². The summed E-state index contributed by atoms with van der Waals surface area (Å²) in [5, 5.41) is 5.94. The molecule has 5 heteroatoms. The molecule has 3 rings (SSSR count). The van der Waals surface area contributed by atoms with Gasteiger partial charge in [-0.2, -0.15) is 0 Å². The minimum absolute atomic E-state index is 0.185. The second kappa shape index (κ2) is 6.01. The van der Waals surface area contributed by atoms with Gasteiger partial charge in [-0.25, -0.2) is 4.79 Å². The number of hydrogen-bond acceptors (Lipinski definition) is 2. The topological polar surface area (TPSA) is 50.4 Å². The van der Waals surface area contributed by atoms with Gasteiger partial charge >= 0.3 is 6.03 Å². The number of ether oxygens (including phenoxy) is 1. The number of amides is 2. The number of urea groups is 1. The molecule has 114 valence electrons. The molecule has 0 heterocycles. The lowest BCUT2D eigenvalue weighted by molar-refractivity contribution is 0.247. The average molecular weight is 361 g/mol. The molecule has 0 unspecified atom stereocenters. The summed E-state index contributed by atoms with van der Waals surface area (Å²) in [7, 11) is 1.64. The van der Waals surface area contributed by atoms with Crippen LogP contribution in [0.1, 0.15) is 18.4 Å². The van der Waals surface area contributed by atoms with Crippen molar-refractivity contribution in [2.45, 2.75) is 18.4 Å². The monoisotopic (exact) mass is 360 g/mol. The third-order valence-corrected chi connectivity index (χ3v) is 4.38. The highest BCUT2D eigenvalue weighted by molar-refractivity contribution is 9.10. The number of benzene rings is 2. The van der Waals surface area contributed by atoms with Crippen LogP contribution in [0.25, 0.3) is 0 Å². The van der Waals surface area contributed by atoms with Crippen molar-refractivity contribution < 1.29 is 9.53 Å². The van der Waals surface area contributed by atoms with E-state index in [-0.39, 0.29) is 11.6 Å². The lowest BCUT2D eigenvalue weighted by atomic mass is 10.1. The Morgan fingerprint density at radius 1 is 1.09 bits per heavy atom. The van der Waals surface area contributed by atoms with E-state index in [2.05, 4.69) is 26.6 Å². The average Bonchev–Trinajstić information content (AvgIpc) is 3.30. The number of carbonyl (C=O) groups is 1. The molecule has 0 aromatic heterocycles. The molecule has 1 fully saturated rings. The van der Waals surface area contributed by atoms with Crippen LogP contribution in [-0.2, 0) is 5.54 Å². The molecule has 2 N–H and O–H groups in total. The lowest BCUT2D eigenvalue weighted by Gasteiger charge is -2.19. The number of rotatable bonds is 4. The molecule has 4 nitrogen and oxygen atoms in total. The highest BCUT2D eigenvalue weighted by Crippen LogP contribution is 2.45. The first-order valence-corrected chi connectivity index (χ1v) is 7.90. The molecule has 2 aromatic carbocycles. The van der Waals surface area contributed by atoms with E-state index >= 15 is 0 Å². The summed E-state index contributed by atoms with van der Waals surface area (Å²) in [6.07, 6.45) is 1.90. The Kier molecular flexibility index (Phi) is 4.07. The maximum absolute atomic E-state index is 12.2. The predicted molar refractivity (Wildman–Crippen MR) is 90.2 cm³/mol. The van der Waals surface area contributed by atoms with Gasteiger partial charge in [0.1, 0.15) is 5.75 Å². The zero-order valence-corrected chi connectivity index (χ0v) is 13.8. The summed E-state index contributed by atoms with van der Waals surface area (Å²) < 4.78 is 6.15. The molecule has 0 bridgehead atoms. The smallest absolute Gasteiger partial charge is 0.319 e. The van der Waals surface area contributed by atoms with Crippen molar-refractivity contribution in [3.63, 3.8) is 0 Å². The van der Waals surface area contributed by atoms with Gasteiger partial charge in [0, 0.05) is 10.2 Å². The zero-order valence-electron chi connectivity index (χ0n) is 12.2. The van der Waals surface area contributed by atoms with Crippen molar-refractivity contribution in [3.8, 4) is 5.75 Å². The van der Waals surface area contributed by atoms with Gasteiger partial charge in [-0.15, -0.1) is 0 Å². The number of halogens is 1. The molecular weight excluding hydrogens is 344 g/mol. The Balaban J connectivity index is 1.66. The van der Waals surface area contributed by atoms with Crippen LogP contribution in [0.4, 0.5) is 10.5 Å². The fourth-order valence-corrected chi connectivity index (χ4v) is 2.70. The van der Waals surface area contributed by atoms with Gasteiger partial charge in [0.15, 0.2) is 0 Å². The normalized spacial score (nSPS) is 15.0. The van der Waals surface area contributed by atoms with Gasteiger partial charge in [0.05, 0.1) is 12.6 Å². The minimum atomic E-state index is -0.244. The van der Waals surface area contributed by atoms with Crippen LogP contribution in [0, 0.1) is 0 Å². The SMILES string of the molecule is COc1ccc(C2(NC(=O)Nc3ccc(Br)cc3)CC2)cc1. The van der Waals surface area contributed by atoms with Crippen LogP contribution in [0.3, 0.4) is 0 Å². The van der Waals surface area contributed by atoms with Gasteiger partial charge in [-0.05, 0) is 54.8 Å². The molecule has 0 saturated heterocycles. The van der Waals surface area contributed by atoms with Crippen molar-refractivity contribution in [3.05, 3.63) is 58.6 Å². The van der Waals surface area contributed by atoms with Gasteiger partial charge < -0.3 is 15.4 Å². The molecular formula is C17H17BrN2O2. The van der Waals surface area contributed by atoms with Crippen molar-refractivity contribution in [1.29, 1.82) is 0 Å². The molecule has 1 saturated carbocycles. The number of hydrogen-bond donors (Lipinski definition) is 2. The molecule has 1 aliphatic rings. The van der Waals surface area contributed by atoms with Gasteiger partial charge in [0.25, 0.3) is 0 Å². The van der Waals surface area contributed by atoms with E-state index in [0.29, 0.717) is 0 Å². The summed E-state index contributed by atoms with van der Waals surface area (Å²) in [5.74, 6) is 0.818. The van der Waals surface area contributed by atoms with Crippen molar-refractivity contribution >= 4 is 27.6 Å². The number of anilines is 1. The first-order valence-electron chi connectivity index (χ1n) is 7.11. The summed E-state index contributed by atoms with van der Waals surface area (Å²) in [6.45, 7) is 0. The van der Waals surface area contributed by atoms with E-state index < -0.39 is 0 Å². The Morgan fingerprint density at radius 3 is 2.27 bits per heavy atom. The molecule has 0 atom stereocenters. The second-order valence-electron chi connectivity index (χ2n) is 5.40. The van der Waals surface area contributed by atoms with E-state index in [1.807, 2.05) is 48.5 Å². The summed E-state index contributed by atoms with van der Waals surface area (Å²) in [6, 6.07) is 15.2. The standard InChI is InChI=1S/C17H17BrN2O2/c1-22-15-8-2-12(3-9-15)17(10-11-17)20-16(21)19-14-6-4-13(18)5-7-14/h2-9H,10-11H2,1H3,(H2,19,20,21). The molecule has 0 spiro atoms. The van der Waals surface area contributed by atoms with Crippen LogP contribution in [0.2, 0.25) is 0 Å². The molecule has 2 aromatic rings. The summed E-state index contributed by atoms with van der Waals surface area (Å²) >= 11 is 3.37. The molecule has 0 aliphatic heterocycles. The highest BCUT2D eigenvalue weighted by atomic mass is 79.9. The maximum Gasteiger partial charge on any atom is 0.319 e. The largest absolute Gasteiger partial charge is 0.497 e. The fourth-order valence-electron chi connectivity index (χ4n) is 2.43. The third-order valence-electron chi connectivity index (χ3n) is 3.85. The maximum atomic E-state index is 12.2. The Hall–Kier alpha value is -2.01. The van der Waals surface area contributed by atoms with Crippen molar-refractivity contribution in [2.24, 2.45) is 0 Å². The van der Waals surface area contributed by atoms with Gasteiger partial charge in [-0.3, -0.25) is 0 Å². The van der Waals surface area contributed by atoms with Crippen LogP contribution in [0.15, 0.2) is 53.0 Å². The third kappa shape index (κ3) is 3.25. The zero-order chi connectivity index (χ0) is 15.6. The Bertz CT molecular complexity index is 664. The number of carbonyl (C=O) groups excluding carboxylic acids is 1. The molecule has 1 aliphatic carbocycles. The molecule has 2 amide bonds. The van der Waals surface area contributed by atoms with Crippen molar-refractivity contribution in [1.82, 2.24) is 5.32 Å². The lowest BCUT2D eigenvalue weighted by Crippen LogP contribution is -2.38. The Labute approximate surface area is 138 Å². The van der Waals surface area contributed by atoms with Crippen molar-refractivity contribution in [2.75, 3.05) is 12.4 Å². The van der Waals surface area contributed by atoms with E-state index in [0.717, 1.165) is 34.3 Å². The van der Waals surface area contributed by atoms with Crippen LogP contribution in [0.5, 0.6) is 5.75 Å². The fraction of sp³-hybridized carbons (Fsp3) is 0.235. The van der Waals surface area contributed by atoms with Gasteiger partial charge in [-0.1, -0.05) is 28.1 Å².